The fraction of sp³-hybridized carbons (Fsp3) is 0. The predicted molar refractivity (Wildman–Crippen MR) is 120 cm³/mol. The average molecular weight is 378 g/mol. The average Bonchev–Trinajstić information content (AvgIpc) is 2.82. The maximum Gasteiger partial charge on any atom is 0.115 e. The van der Waals surface area contributed by atoms with E-state index in [-0.39, 0.29) is 0 Å². The molecular weight excluding hydrogens is 356 g/mol. The third-order valence-corrected chi connectivity index (χ3v) is 4.06. The van der Waals surface area contributed by atoms with Crippen LogP contribution >= 0.6 is 0 Å². The van der Waals surface area contributed by atoms with Crippen molar-refractivity contribution in [2.24, 2.45) is 0 Å². The van der Waals surface area contributed by atoms with E-state index >= 15 is 0 Å². The largest absolute Gasteiger partial charge is 0.508 e. The van der Waals surface area contributed by atoms with Gasteiger partial charge in [0.1, 0.15) is 5.75 Å². The van der Waals surface area contributed by atoms with Gasteiger partial charge in [0.2, 0.25) is 0 Å². The molecule has 142 valence electrons. The smallest absolute Gasteiger partial charge is 0.115 e. The number of hydrogen-bond acceptors (Lipinski definition) is 3. The molecular formula is C26H22N2O. The summed E-state index contributed by atoms with van der Waals surface area (Å²) in [5, 5.41) is 17.5. The molecule has 1 heterocycles. The second kappa shape index (κ2) is 11.0. The molecule has 0 spiro atoms. The molecule has 29 heavy (non-hydrogen) atoms. The molecule has 0 amide bonds. The lowest BCUT2D eigenvalue weighted by Crippen LogP contribution is -1.79. The first-order valence-electron chi connectivity index (χ1n) is 9.34. The Hall–Kier alpha value is -3.98. The van der Waals surface area contributed by atoms with Gasteiger partial charge in [-0.15, -0.1) is 0 Å². The van der Waals surface area contributed by atoms with Crippen molar-refractivity contribution in [1.82, 2.24) is 10.2 Å². The maximum absolute atomic E-state index is 8.63. The standard InChI is InChI=1S/C12H10.C8H6N2.C6H6O/c1-3-7-11(8-4-1)12-9-5-2-6-10-12;1-2-4-8-7(3-1)5-6-9-10-8;7-6-4-2-1-3-5-6/h1-10H;1-6H;1-5,7H. The molecule has 0 saturated carbocycles. The van der Waals surface area contributed by atoms with Crippen LogP contribution in [0.2, 0.25) is 0 Å². The number of hydrogen-bond donors (Lipinski definition) is 1. The Morgan fingerprint density at radius 2 is 0.966 bits per heavy atom. The van der Waals surface area contributed by atoms with E-state index in [1.54, 1.807) is 30.5 Å². The van der Waals surface area contributed by atoms with Crippen molar-refractivity contribution in [3.8, 4) is 16.9 Å². The molecule has 1 aromatic heterocycles. The van der Waals surface area contributed by atoms with E-state index in [0.29, 0.717) is 5.75 Å². The van der Waals surface area contributed by atoms with Gasteiger partial charge in [0, 0.05) is 5.39 Å². The van der Waals surface area contributed by atoms with Gasteiger partial charge in [-0.25, -0.2) is 0 Å². The number of phenolic OH excluding ortho intramolecular Hbond substituents is 1. The van der Waals surface area contributed by atoms with E-state index < -0.39 is 0 Å². The van der Waals surface area contributed by atoms with Crippen LogP contribution in [-0.4, -0.2) is 15.3 Å². The topological polar surface area (TPSA) is 46.0 Å². The highest BCUT2D eigenvalue weighted by Gasteiger charge is 1.92. The van der Waals surface area contributed by atoms with Gasteiger partial charge < -0.3 is 5.11 Å². The van der Waals surface area contributed by atoms with Crippen molar-refractivity contribution in [3.05, 3.63) is 128 Å². The van der Waals surface area contributed by atoms with E-state index in [0.717, 1.165) is 10.9 Å². The van der Waals surface area contributed by atoms with Crippen molar-refractivity contribution in [3.63, 3.8) is 0 Å². The summed E-state index contributed by atoms with van der Waals surface area (Å²) in [7, 11) is 0. The molecule has 0 atom stereocenters. The lowest BCUT2D eigenvalue weighted by atomic mass is 10.1. The van der Waals surface area contributed by atoms with Crippen LogP contribution in [0.3, 0.4) is 0 Å². The Morgan fingerprint density at radius 3 is 1.45 bits per heavy atom. The summed E-state index contributed by atoms with van der Waals surface area (Å²) >= 11 is 0. The third kappa shape index (κ3) is 6.60. The fourth-order valence-corrected chi connectivity index (χ4v) is 2.62. The van der Waals surface area contributed by atoms with Gasteiger partial charge in [-0.05, 0) is 35.4 Å². The second-order valence-corrected chi connectivity index (χ2v) is 6.16. The van der Waals surface area contributed by atoms with Crippen LogP contribution in [0.4, 0.5) is 0 Å². The van der Waals surface area contributed by atoms with Gasteiger partial charge in [0.25, 0.3) is 0 Å². The lowest BCUT2D eigenvalue weighted by molar-refractivity contribution is 0.475. The summed E-state index contributed by atoms with van der Waals surface area (Å²) in [6, 6.07) is 39.4. The normalized spacial score (nSPS) is 9.52. The van der Waals surface area contributed by atoms with Crippen LogP contribution in [0.15, 0.2) is 128 Å². The summed E-state index contributed by atoms with van der Waals surface area (Å²) in [6.07, 6.45) is 1.70. The number of nitrogens with zero attached hydrogens (tertiary/aromatic N) is 2. The van der Waals surface area contributed by atoms with Crippen LogP contribution in [-0.2, 0) is 0 Å². The van der Waals surface area contributed by atoms with Gasteiger partial charge in [-0.1, -0.05) is 97.1 Å². The molecule has 1 N–H and O–H groups in total. The molecule has 0 saturated heterocycles. The molecule has 5 aromatic rings. The molecule has 0 bridgehead atoms. The first-order valence-corrected chi connectivity index (χ1v) is 9.34. The molecule has 0 unspecified atom stereocenters. The van der Waals surface area contributed by atoms with Crippen LogP contribution in [0.1, 0.15) is 0 Å². The van der Waals surface area contributed by atoms with Gasteiger partial charge in [0.15, 0.2) is 0 Å². The highest BCUT2D eigenvalue weighted by atomic mass is 16.3. The monoisotopic (exact) mass is 378 g/mol. The number of fused-ring (bicyclic) bond motifs is 1. The first kappa shape index (κ1) is 19.8. The van der Waals surface area contributed by atoms with E-state index in [4.69, 9.17) is 5.11 Å². The quantitative estimate of drug-likeness (QED) is 0.368. The van der Waals surface area contributed by atoms with E-state index in [2.05, 4.69) is 58.7 Å². The first-order chi connectivity index (χ1) is 14.3. The zero-order chi connectivity index (χ0) is 20.2. The Labute approximate surface area is 170 Å². The number of para-hydroxylation sites is 1. The molecule has 0 fully saturated rings. The minimum atomic E-state index is 0.322. The lowest BCUT2D eigenvalue weighted by Gasteiger charge is -1.98. The number of rotatable bonds is 1. The molecule has 3 heteroatoms. The number of aromatic nitrogens is 2. The molecule has 0 aliphatic heterocycles. The summed E-state index contributed by atoms with van der Waals surface area (Å²) in [6.45, 7) is 0. The van der Waals surface area contributed by atoms with Gasteiger partial charge in [0.05, 0.1) is 11.7 Å². The van der Waals surface area contributed by atoms with Crippen molar-refractivity contribution >= 4 is 10.9 Å². The highest BCUT2D eigenvalue weighted by Crippen LogP contribution is 2.17. The van der Waals surface area contributed by atoms with E-state index in [1.165, 1.54) is 11.1 Å². The minimum absolute atomic E-state index is 0.322. The van der Waals surface area contributed by atoms with Gasteiger partial charge in [-0.2, -0.15) is 10.2 Å². The summed E-state index contributed by atoms with van der Waals surface area (Å²) in [4.78, 5) is 0. The predicted octanol–water partition coefficient (Wildman–Crippen LogP) is 6.38. The summed E-state index contributed by atoms with van der Waals surface area (Å²) < 4.78 is 0. The van der Waals surface area contributed by atoms with Gasteiger partial charge >= 0.3 is 0 Å². The molecule has 0 aliphatic carbocycles. The zero-order valence-corrected chi connectivity index (χ0v) is 16.0. The zero-order valence-electron chi connectivity index (χ0n) is 16.0. The number of phenols is 1. The van der Waals surface area contributed by atoms with Crippen molar-refractivity contribution < 1.29 is 5.11 Å². The number of benzene rings is 4. The molecule has 0 aliphatic rings. The van der Waals surface area contributed by atoms with Crippen molar-refractivity contribution in [1.29, 1.82) is 0 Å². The fourth-order valence-electron chi connectivity index (χ4n) is 2.62. The van der Waals surface area contributed by atoms with E-state index in [1.807, 2.05) is 48.5 Å². The van der Waals surface area contributed by atoms with E-state index in [9.17, 15) is 0 Å². The van der Waals surface area contributed by atoms with Crippen LogP contribution in [0.5, 0.6) is 5.75 Å². The summed E-state index contributed by atoms with van der Waals surface area (Å²) in [5.74, 6) is 0.322. The highest BCUT2D eigenvalue weighted by molar-refractivity contribution is 5.77. The minimum Gasteiger partial charge on any atom is -0.508 e. The summed E-state index contributed by atoms with van der Waals surface area (Å²) in [5.41, 5.74) is 3.50. The molecule has 5 rings (SSSR count). The van der Waals surface area contributed by atoms with Crippen LogP contribution in [0.25, 0.3) is 22.0 Å². The molecule has 4 aromatic carbocycles. The Kier molecular flexibility index (Phi) is 7.50. The molecule has 0 radical (unpaired) electrons. The Balaban J connectivity index is 0.000000129. The maximum atomic E-state index is 8.63. The van der Waals surface area contributed by atoms with Crippen LogP contribution in [0, 0.1) is 0 Å². The number of aromatic hydroxyl groups is 1. The van der Waals surface area contributed by atoms with Gasteiger partial charge in [-0.3, -0.25) is 0 Å². The SMILES string of the molecule is Oc1ccccc1.c1ccc(-c2ccccc2)cc1.c1ccc2nnccc2c1. The third-order valence-electron chi connectivity index (χ3n) is 4.06. The Bertz CT molecular complexity index is 995. The second-order valence-electron chi connectivity index (χ2n) is 6.16. The molecule has 3 nitrogen and oxygen atoms in total. The van der Waals surface area contributed by atoms with Crippen molar-refractivity contribution in [2.45, 2.75) is 0 Å². The Morgan fingerprint density at radius 1 is 0.483 bits per heavy atom. The van der Waals surface area contributed by atoms with Crippen LogP contribution < -0.4 is 0 Å². The van der Waals surface area contributed by atoms with Crippen molar-refractivity contribution in [2.75, 3.05) is 0 Å².